The fourth-order valence-corrected chi connectivity index (χ4v) is 1.78. The van der Waals surface area contributed by atoms with Gasteiger partial charge in [0.25, 0.3) is 0 Å². The zero-order chi connectivity index (χ0) is 13.1. The fourth-order valence-electron chi connectivity index (χ4n) is 1.78. The van der Waals surface area contributed by atoms with Crippen LogP contribution in [-0.4, -0.2) is 18.0 Å². The maximum atomic E-state index is 7.07. The Bertz CT molecular complexity index is 243. The van der Waals surface area contributed by atoms with Crippen molar-refractivity contribution in [2.45, 2.75) is 64.8 Å². The van der Waals surface area contributed by atoms with Crippen LogP contribution in [0.4, 0.5) is 0 Å². The number of nitrogens with zero attached hydrogens (tertiary/aromatic N) is 1. The maximum Gasteiger partial charge on any atom is 0.195 e. The number of rotatable bonds is 8. The lowest BCUT2D eigenvalue weighted by molar-refractivity contribution is 0.517. The second-order valence-corrected chi connectivity index (χ2v) is 4.34. The summed E-state index contributed by atoms with van der Waals surface area (Å²) in [4.78, 5) is 4.37. The molecule has 0 aliphatic carbocycles. The van der Waals surface area contributed by atoms with Crippen LogP contribution in [0.15, 0.2) is 4.99 Å². The highest BCUT2D eigenvalue weighted by Gasteiger charge is 2.06. The number of unbranched alkanes of at least 4 members (excludes halogenated alkanes) is 3. The standard InChI is InChI=1S/C12H27N5.ClH/c1-3-5-6-7-9-10(8-4-2)16-12(15)17-11(13)14;/h10H,3-9H2,1-2H3,(H6,13,14,15,16,17);1H. The van der Waals surface area contributed by atoms with Gasteiger partial charge in [-0.2, -0.15) is 0 Å². The van der Waals surface area contributed by atoms with Crippen molar-refractivity contribution in [2.75, 3.05) is 0 Å². The van der Waals surface area contributed by atoms with E-state index in [0.717, 1.165) is 19.3 Å². The number of guanidine groups is 2. The summed E-state index contributed by atoms with van der Waals surface area (Å²) in [7, 11) is 0. The predicted molar refractivity (Wildman–Crippen MR) is 81.4 cm³/mol. The fraction of sp³-hybridized carbons (Fsp3) is 0.833. The highest BCUT2D eigenvalue weighted by atomic mass is 35.5. The first-order valence-electron chi connectivity index (χ1n) is 6.54. The average Bonchev–Trinajstić information content (AvgIpc) is 2.23. The smallest absolute Gasteiger partial charge is 0.195 e. The molecule has 6 N–H and O–H groups in total. The van der Waals surface area contributed by atoms with Crippen molar-refractivity contribution in [2.24, 2.45) is 16.5 Å². The molecule has 0 saturated heterocycles. The lowest BCUT2D eigenvalue weighted by Crippen LogP contribution is -2.41. The minimum absolute atomic E-state index is 0. The lowest BCUT2D eigenvalue weighted by Gasteiger charge is -2.13. The second-order valence-electron chi connectivity index (χ2n) is 4.34. The summed E-state index contributed by atoms with van der Waals surface area (Å²) in [6, 6.07) is 0.253. The molecule has 0 amide bonds. The molecule has 0 bridgehead atoms. The van der Waals surface area contributed by atoms with Gasteiger partial charge in [-0.15, -0.1) is 12.4 Å². The van der Waals surface area contributed by atoms with Crippen molar-refractivity contribution in [1.29, 1.82) is 5.41 Å². The Hall–Kier alpha value is -0.970. The van der Waals surface area contributed by atoms with Crippen molar-refractivity contribution in [3.63, 3.8) is 0 Å². The van der Waals surface area contributed by atoms with Crippen LogP contribution in [-0.2, 0) is 0 Å². The van der Waals surface area contributed by atoms with Gasteiger partial charge in [-0.25, -0.2) is 4.99 Å². The molecule has 0 aromatic heterocycles. The Kier molecular flexibility index (Phi) is 13.4. The molecule has 0 radical (unpaired) electrons. The summed E-state index contributed by atoms with van der Waals surface area (Å²) >= 11 is 0. The van der Waals surface area contributed by atoms with Gasteiger partial charge in [0, 0.05) is 0 Å². The van der Waals surface area contributed by atoms with Crippen LogP contribution < -0.4 is 16.8 Å². The van der Waals surface area contributed by atoms with E-state index in [0.29, 0.717) is 0 Å². The highest BCUT2D eigenvalue weighted by Crippen LogP contribution is 2.12. The topological polar surface area (TPSA) is 100 Å². The quantitative estimate of drug-likeness (QED) is 0.311. The number of halogens is 1. The molecule has 1 atom stereocenters. The molecule has 1 unspecified atom stereocenters. The van der Waals surface area contributed by atoms with Crippen LogP contribution in [0.3, 0.4) is 0 Å². The Morgan fingerprint density at radius 3 is 2.28 bits per heavy atom. The van der Waals surface area contributed by atoms with Gasteiger partial charge >= 0.3 is 0 Å². The second kappa shape index (κ2) is 12.5. The number of nitrogens with two attached hydrogens (primary N) is 2. The molecule has 6 heteroatoms. The van der Waals surface area contributed by atoms with Gasteiger partial charge in [-0.3, -0.25) is 10.7 Å². The molecule has 0 aliphatic heterocycles. The first kappa shape index (κ1) is 19.4. The molecule has 0 fully saturated rings. The molecule has 108 valence electrons. The monoisotopic (exact) mass is 277 g/mol. The molecule has 5 nitrogen and oxygen atoms in total. The van der Waals surface area contributed by atoms with E-state index in [2.05, 4.69) is 24.2 Å². The summed E-state index contributed by atoms with van der Waals surface area (Å²) in [5.41, 5.74) is 10.8. The zero-order valence-electron chi connectivity index (χ0n) is 11.5. The molecular formula is C12H28ClN5. The van der Waals surface area contributed by atoms with Gasteiger partial charge < -0.3 is 11.5 Å². The van der Waals surface area contributed by atoms with Gasteiger partial charge in [-0.1, -0.05) is 46.0 Å². The van der Waals surface area contributed by atoms with Crippen LogP contribution in [0, 0.1) is 5.41 Å². The molecule has 0 aliphatic rings. The summed E-state index contributed by atoms with van der Waals surface area (Å²) in [5.74, 6) is 0.0962. The van der Waals surface area contributed by atoms with Crippen molar-refractivity contribution in [3.8, 4) is 0 Å². The van der Waals surface area contributed by atoms with Crippen LogP contribution in [0.5, 0.6) is 0 Å². The molecule has 0 heterocycles. The van der Waals surface area contributed by atoms with E-state index in [1.807, 2.05) is 0 Å². The lowest BCUT2D eigenvalue weighted by atomic mass is 10.0. The van der Waals surface area contributed by atoms with E-state index in [4.69, 9.17) is 16.9 Å². The molecule has 0 rings (SSSR count). The normalized spacial score (nSPS) is 12.7. The highest BCUT2D eigenvalue weighted by molar-refractivity contribution is 5.95. The Morgan fingerprint density at radius 2 is 1.78 bits per heavy atom. The molecule has 0 aromatic carbocycles. The van der Waals surface area contributed by atoms with Gasteiger partial charge in [0.2, 0.25) is 0 Å². The van der Waals surface area contributed by atoms with Crippen molar-refractivity contribution in [1.82, 2.24) is 5.32 Å². The number of hydrogen-bond acceptors (Lipinski definition) is 2. The molecule has 18 heavy (non-hydrogen) atoms. The van der Waals surface area contributed by atoms with E-state index in [-0.39, 0.29) is 30.4 Å². The Morgan fingerprint density at radius 1 is 1.11 bits per heavy atom. The first-order chi connectivity index (χ1) is 8.10. The van der Waals surface area contributed by atoms with E-state index >= 15 is 0 Å². The van der Waals surface area contributed by atoms with Crippen LogP contribution in [0.25, 0.3) is 0 Å². The third-order valence-electron chi connectivity index (χ3n) is 2.60. The Labute approximate surface area is 117 Å². The van der Waals surface area contributed by atoms with Crippen LogP contribution in [0.1, 0.15) is 58.8 Å². The molecule has 0 aromatic rings. The molecular weight excluding hydrogens is 250 g/mol. The van der Waals surface area contributed by atoms with Crippen molar-refractivity contribution >= 4 is 24.3 Å². The third kappa shape index (κ3) is 11.5. The zero-order valence-corrected chi connectivity index (χ0v) is 12.4. The average molecular weight is 278 g/mol. The summed E-state index contributed by atoms with van der Waals surface area (Å²) < 4.78 is 0. The van der Waals surface area contributed by atoms with Gasteiger partial charge in [0.15, 0.2) is 11.9 Å². The SMILES string of the molecule is CCCCCCC(CCC)N=C(N)NC(=N)N.Cl. The van der Waals surface area contributed by atoms with Crippen LogP contribution in [0.2, 0.25) is 0 Å². The van der Waals surface area contributed by atoms with Gasteiger partial charge in [0.05, 0.1) is 6.04 Å². The van der Waals surface area contributed by atoms with E-state index in [1.165, 1.54) is 25.7 Å². The number of hydrogen-bond donors (Lipinski definition) is 4. The number of nitrogens with one attached hydrogen (secondary N) is 2. The Balaban J connectivity index is 0. The van der Waals surface area contributed by atoms with E-state index < -0.39 is 0 Å². The van der Waals surface area contributed by atoms with E-state index in [9.17, 15) is 0 Å². The van der Waals surface area contributed by atoms with Crippen molar-refractivity contribution in [3.05, 3.63) is 0 Å². The van der Waals surface area contributed by atoms with Crippen molar-refractivity contribution < 1.29 is 0 Å². The van der Waals surface area contributed by atoms with Crippen LogP contribution >= 0.6 is 12.4 Å². The summed E-state index contributed by atoms with van der Waals surface area (Å²) in [5, 5.41) is 9.59. The van der Waals surface area contributed by atoms with Gasteiger partial charge in [-0.05, 0) is 12.8 Å². The summed E-state index contributed by atoms with van der Waals surface area (Å²) in [6.07, 6.45) is 8.16. The molecule has 0 saturated carbocycles. The van der Waals surface area contributed by atoms with Gasteiger partial charge in [0.1, 0.15) is 0 Å². The maximum absolute atomic E-state index is 7.07. The van der Waals surface area contributed by atoms with E-state index in [1.54, 1.807) is 0 Å². The predicted octanol–water partition coefficient (Wildman–Crippen LogP) is 2.35. The largest absolute Gasteiger partial charge is 0.370 e. The summed E-state index contributed by atoms with van der Waals surface area (Å²) in [6.45, 7) is 4.35. The minimum Gasteiger partial charge on any atom is -0.370 e. The first-order valence-corrected chi connectivity index (χ1v) is 6.54. The minimum atomic E-state index is -0.160. The molecule has 0 spiro atoms. The number of aliphatic imine (C=N–C) groups is 1. The third-order valence-corrected chi connectivity index (χ3v) is 2.60.